The Morgan fingerprint density at radius 1 is 1.00 bits per heavy atom. The predicted molar refractivity (Wildman–Crippen MR) is 138 cm³/mol. The van der Waals surface area contributed by atoms with Crippen molar-refractivity contribution in [3.63, 3.8) is 0 Å². The predicted octanol–water partition coefficient (Wildman–Crippen LogP) is 6.73. The molecule has 1 aliphatic heterocycles. The van der Waals surface area contributed by atoms with Gasteiger partial charge in [-0.1, -0.05) is 35.9 Å². The number of pyridine rings is 1. The number of hydrogen-bond acceptors (Lipinski definition) is 4. The Morgan fingerprint density at radius 3 is 2.83 bits per heavy atom. The summed E-state index contributed by atoms with van der Waals surface area (Å²) in [5.74, 6) is 1.29. The van der Waals surface area contributed by atoms with Gasteiger partial charge in [-0.15, -0.1) is 0 Å². The van der Waals surface area contributed by atoms with Crippen LogP contribution in [0.3, 0.4) is 0 Å². The van der Waals surface area contributed by atoms with Crippen LogP contribution in [0.2, 0.25) is 5.02 Å². The molecule has 6 rings (SSSR count). The lowest BCUT2D eigenvalue weighted by atomic mass is 10.0. The van der Waals surface area contributed by atoms with Crippen LogP contribution in [0.4, 0.5) is 5.69 Å². The zero-order valence-electron chi connectivity index (χ0n) is 18.8. The van der Waals surface area contributed by atoms with Gasteiger partial charge in [-0.3, -0.25) is 4.79 Å². The molecule has 6 nitrogen and oxygen atoms in total. The quantitative estimate of drug-likeness (QED) is 0.281. The molecule has 0 fully saturated rings. The second kappa shape index (κ2) is 8.96. The number of fused-ring (bicyclic) bond motifs is 3. The maximum atomic E-state index is 12.6. The summed E-state index contributed by atoms with van der Waals surface area (Å²) < 4.78 is 10.7. The molecule has 0 aliphatic carbocycles. The van der Waals surface area contributed by atoms with Gasteiger partial charge in [0.2, 0.25) is 12.7 Å². The van der Waals surface area contributed by atoms with Crippen LogP contribution in [-0.4, -0.2) is 22.7 Å². The van der Waals surface area contributed by atoms with Crippen LogP contribution in [0.1, 0.15) is 18.4 Å². The molecule has 3 aromatic carbocycles. The van der Waals surface area contributed by atoms with Crippen LogP contribution in [0.5, 0.6) is 11.5 Å². The summed E-state index contributed by atoms with van der Waals surface area (Å²) in [6.45, 7) is 0.204. The van der Waals surface area contributed by atoms with Gasteiger partial charge < -0.3 is 19.8 Å². The van der Waals surface area contributed by atoms with Gasteiger partial charge in [-0.2, -0.15) is 0 Å². The molecule has 2 aromatic heterocycles. The number of aromatic amines is 1. The molecule has 5 aromatic rings. The van der Waals surface area contributed by atoms with Crippen molar-refractivity contribution in [1.82, 2.24) is 9.97 Å². The summed E-state index contributed by atoms with van der Waals surface area (Å²) in [5, 5.41) is 5.77. The molecule has 7 heteroatoms. The average Bonchev–Trinajstić information content (AvgIpc) is 3.48. The van der Waals surface area contributed by atoms with Gasteiger partial charge in [0.25, 0.3) is 0 Å². The number of amides is 1. The van der Waals surface area contributed by atoms with Crippen molar-refractivity contribution in [3.05, 3.63) is 83.4 Å². The highest BCUT2D eigenvalue weighted by Gasteiger charge is 2.17. The van der Waals surface area contributed by atoms with E-state index in [0.29, 0.717) is 41.5 Å². The number of aromatic nitrogens is 2. The summed E-state index contributed by atoms with van der Waals surface area (Å²) in [6.07, 6.45) is 1.77. The molecule has 0 spiro atoms. The Balaban J connectivity index is 1.23. The van der Waals surface area contributed by atoms with Crippen molar-refractivity contribution in [3.8, 4) is 22.9 Å². The summed E-state index contributed by atoms with van der Waals surface area (Å²) in [7, 11) is 0. The van der Waals surface area contributed by atoms with Gasteiger partial charge in [-0.25, -0.2) is 4.98 Å². The third-order valence-corrected chi connectivity index (χ3v) is 6.44. The Hall–Kier alpha value is -4.03. The van der Waals surface area contributed by atoms with Crippen LogP contribution in [0.25, 0.3) is 33.2 Å². The minimum Gasteiger partial charge on any atom is -0.454 e. The van der Waals surface area contributed by atoms with E-state index < -0.39 is 0 Å². The van der Waals surface area contributed by atoms with Crippen LogP contribution < -0.4 is 14.8 Å². The number of rotatable bonds is 6. The van der Waals surface area contributed by atoms with E-state index in [1.54, 1.807) is 12.1 Å². The number of carbonyl (C=O) groups is 1. The molecule has 0 radical (unpaired) electrons. The highest BCUT2D eigenvalue weighted by atomic mass is 35.5. The maximum absolute atomic E-state index is 12.6. The molecule has 3 heterocycles. The molecular weight excluding hydrogens is 462 g/mol. The summed E-state index contributed by atoms with van der Waals surface area (Å²) >= 11 is 6.33. The highest BCUT2D eigenvalue weighted by Crippen LogP contribution is 2.35. The molecule has 0 saturated carbocycles. The van der Waals surface area contributed by atoms with Gasteiger partial charge in [0.15, 0.2) is 11.5 Å². The minimum absolute atomic E-state index is 0.0490. The van der Waals surface area contributed by atoms with Crippen LogP contribution >= 0.6 is 11.6 Å². The number of nitrogens with zero attached hydrogens (tertiary/aromatic N) is 1. The first-order valence-electron chi connectivity index (χ1n) is 11.5. The van der Waals surface area contributed by atoms with Gasteiger partial charge in [-0.05, 0) is 60.9 Å². The van der Waals surface area contributed by atoms with E-state index in [1.165, 1.54) is 0 Å². The summed E-state index contributed by atoms with van der Waals surface area (Å²) in [5.41, 5.74) is 5.58. The topological polar surface area (TPSA) is 76.2 Å². The van der Waals surface area contributed by atoms with E-state index in [-0.39, 0.29) is 12.7 Å². The molecule has 0 unspecified atom stereocenters. The first-order valence-corrected chi connectivity index (χ1v) is 11.9. The Labute approximate surface area is 206 Å². The number of halogens is 1. The number of aryl methyl sites for hydroxylation is 1. The van der Waals surface area contributed by atoms with Crippen LogP contribution in [-0.2, 0) is 11.2 Å². The van der Waals surface area contributed by atoms with E-state index in [2.05, 4.69) is 22.4 Å². The average molecular weight is 484 g/mol. The van der Waals surface area contributed by atoms with E-state index in [4.69, 9.17) is 26.1 Å². The van der Waals surface area contributed by atoms with Crippen molar-refractivity contribution >= 4 is 45.0 Å². The Kier molecular flexibility index (Phi) is 5.51. The number of H-pyrrole nitrogens is 1. The molecule has 2 N–H and O–H groups in total. The van der Waals surface area contributed by atoms with Gasteiger partial charge in [0.1, 0.15) is 0 Å². The fourth-order valence-electron chi connectivity index (χ4n) is 4.53. The Morgan fingerprint density at radius 2 is 1.89 bits per heavy atom. The minimum atomic E-state index is -0.0490. The molecule has 0 saturated heterocycles. The van der Waals surface area contributed by atoms with Gasteiger partial charge in [0, 0.05) is 39.5 Å². The monoisotopic (exact) mass is 483 g/mol. The SMILES string of the molecule is O=C(CCCc1c(-c2ccc3ccccc3n2)[nH]c2ccc(Cl)cc12)Nc1ccc2c(c1)OCO2. The number of carbonyl (C=O) groups excluding carboxylic acids is 1. The van der Waals surface area contributed by atoms with Crippen molar-refractivity contribution in [2.24, 2.45) is 0 Å². The third-order valence-electron chi connectivity index (χ3n) is 6.21. The third kappa shape index (κ3) is 4.29. The molecule has 0 bridgehead atoms. The second-order valence-electron chi connectivity index (χ2n) is 8.53. The normalized spacial score (nSPS) is 12.4. The lowest BCUT2D eigenvalue weighted by Crippen LogP contribution is -2.11. The van der Waals surface area contributed by atoms with E-state index >= 15 is 0 Å². The molecule has 174 valence electrons. The van der Waals surface area contributed by atoms with Crippen molar-refractivity contribution in [2.75, 3.05) is 12.1 Å². The van der Waals surface area contributed by atoms with E-state index in [9.17, 15) is 4.79 Å². The fourth-order valence-corrected chi connectivity index (χ4v) is 4.70. The van der Waals surface area contributed by atoms with E-state index in [1.807, 2.05) is 48.5 Å². The Bertz CT molecular complexity index is 1580. The number of nitrogens with one attached hydrogen (secondary N) is 2. The van der Waals surface area contributed by atoms with E-state index in [0.717, 1.165) is 38.8 Å². The highest BCUT2D eigenvalue weighted by molar-refractivity contribution is 6.31. The molecule has 1 amide bonds. The largest absolute Gasteiger partial charge is 0.454 e. The number of anilines is 1. The smallest absolute Gasteiger partial charge is 0.231 e. The fraction of sp³-hybridized carbons (Fsp3) is 0.143. The van der Waals surface area contributed by atoms with Crippen LogP contribution in [0.15, 0.2) is 72.8 Å². The zero-order valence-corrected chi connectivity index (χ0v) is 19.6. The van der Waals surface area contributed by atoms with Gasteiger partial charge >= 0.3 is 0 Å². The number of hydrogen-bond donors (Lipinski definition) is 2. The summed E-state index contributed by atoms with van der Waals surface area (Å²) in [6, 6.07) is 23.4. The number of ether oxygens (including phenoxy) is 2. The maximum Gasteiger partial charge on any atom is 0.231 e. The molecule has 1 aliphatic rings. The van der Waals surface area contributed by atoms with Crippen molar-refractivity contribution in [1.29, 1.82) is 0 Å². The van der Waals surface area contributed by atoms with Crippen molar-refractivity contribution in [2.45, 2.75) is 19.3 Å². The summed E-state index contributed by atoms with van der Waals surface area (Å²) in [4.78, 5) is 21.0. The van der Waals surface area contributed by atoms with Gasteiger partial charge in [0.05, 0.1) is 16.9 Å². The van der Waals surface area contributed by atoms with Crippen molar-refractivity contribution < 1.29 is 14.3 Å². The molecule has 0 atom stereocenters. The standard InChI is InChI=1S/C28H22ClN3O3/c29-18-9-12-23-21(14-18)20(28(32-23)24-11-8-17-4-1-2-6-22(17)31-24)5-3-7-27(33)30-19-10-13-25-26(15-19)35-16-34-25/h1-2,4,6,8-15,32H,3,5,7,16H2,(H,30,33). The van der Waals surface area contributed by atoms with Crippen LogP contribution in [0, 0.1) is 0 Å². The lowest BCUT2D eigenvalue weighted by molar-refractivity contribution is -0.116. The molecule has 35 heavy (non-hydrogen) atoms. The number of para-hydroxylation sites is 1. The zero-order chi connectivity index (χ0) is 23.8. The second-order valence-corrected chi connectivity index (χ2v) is 8.96. The lowest BCUT2D eigenvalue weighted by Gasteiger charge is -2.08. The first-order chi connectivity index (χ1) is 17.1. The first kappa shape index (κ1) is 21.5. The molecular formula is C28H22ClN3O3. The number of benzene rings is 3.